The highest BCUT2D eigenvalue weighted by molar-refractivity contribution is 9.10. The first-order chi connectivity index (χ1) is 8.97. The van der Waals surface area contributed by atoms with E-state index in [0.29, 0.717) is 31.8 Å². The van der Waals surface area contributed by atoms with E-state index in [1.54, 1.807) is 18.2 Å². The van der Waals surface area contributed by atoms with Gasteiger partial charge in [0.15, 0.2) is 0 Å². The molecule has 0 unspecified atom stereocenters. The normalized spacial score (nSPS) is 10.6. The van der Waals surface area contributed by atoms with Crippen LogP contribution in [0.4, 0.5) is 10.1 Å². The fourth-order valence-corrected chi connectivity index (χ4v) is 2.37. The molecular formula is C13H8BrCl3FN. The third-order valence-corrected chi connectivity index (χ3v) is 4.15. The van der Waals surface area contributed by atoms with Crippen LogP contribution in [0, 0.1) is 5.82 Å². The summed E-state index contributed by atoms with van der Waals surface area (Å²) < 4.78 is 13.8. The highest BCUT2D eigenvalue weighted by Gasteiger charge is 2.06. The molecule has 100 valence electrons. The van der Waals surface area contributed by atoms with Gasteiger partial charge in [-0.3, -0.25) is 0 Å². The van der Waals surface area contributed by atoms with Gasteiger partial charge in [-0.2, -0.15) is 0 Å². The summed E-state index contributed by atoms with van der Waals surface area (Å²) >= 11 is 20.9. The fourth-order valence-electron chi connectivity index (χ4n) is 1.50. The van der Waals surface area contributed by atoms with Crippen LogP contribution in [-0.2, 0) is 6.54 Å². The number of nitrogens with one attached hydrogen (secondary N) is 1. The van der Waals surface area contributed by atoms with Crippen LogP contribution in [0.25, 0.3) is 0 Å². The van der Waals surface area contributed by atoms with Crippen LogP contribution < -0.4 is 5.32 Å². The molecule has 0 aliphatic carbocycles. The van der Waals surface area contributed by atoms with Crippen molar-refractivity contribution in [3.63, 3.8) is 0 Å². The Balaban J connectivity index is 2.14. The van der Waals surface area contributed by atoms with E-state index in [0.717, 1.165) is 5.56 Å². The van der Waals surface area contributed by atoms with Gasteiger partial charge < -0.3 is 5.32 Å². The van der Waals surface area contributed by atoms with Crippen molar-refractivity contribution >= 4 is 56.4 Å². The maximum Gasteiger partial charge on any atom is 0.137 e. The Labute approximate surface area is 133 Å². The van der Waals surface area contributed by atoms with Crippen molar-refractivity contribution in [3.8, 4) is 0 Å². The standard InChI is InChI=1S/C13H8BrCl3FN/c14-8-2-1-7(3-12(8)18)6-19-13-5-10(16)9(15)4-11(13)17/h1-5,19H,6H2. The number of halogens is 5. The second kappa shape index (κ2) is 6.31. The molecule has 0 aliphatic heterocycles. The Bertz CT molecular complexity index is 619. The molecule has 0 aliphatic rings. The summed E-state index contributed by atoms with van der Waals surface area (Å²) in [5.41, 5.74) is 1.45. The number of hydrogen-bond donors (Lipinski definition) is 1. The third kappa shape index (κ3) is 3.76. The van der Waals surface area contributed by atoms with E-state index in [9.17, 15) is 4.39 Å². The Kier molecular flexibility index (Phi) is 4.96. The van der Waals surface area contributed by atoms with Crippen molar-refractivity contribution in [3.05, 3.63) is 61.3 Å². The lowest BCUT2D eigenvalue weighted by Crippen LogP contribution is -2.00. The molecule has 0 heterocycles. The molecule has 6 heteroatoms. The maximum absolute atomic E-state index is 13.4. The van der Waals surface area contributed by atoms with Crippen LogP contribution in [0.1, 0.15) is 5.56 Å². The number of rotatable bonds is 3. The van der Waals surface area contributed by atoms with E-state index in [2.05, 4.69) is 21.2 Å². The minimum absolute atomic E-state index is 0.306. The molecule has 0 fully saturated rings. The molecular weight excluding hydrogens is 375 g/mol. The first-order valence-corrected chi connectivity index (χ1v) is 7.22. The molecule has 0 saturated heterocycles. The first kappa shape index (κ1) is 14.9. The minimum Gasteiger partial charge on any atom is -0.380 e. The molecule has 2 aromatic rings. The van der Waals surface area contributed by atoms with Gasteiger partial charge in [0.1, 0.15) is 5.82 Å². The van der Waals surface area contributed by atoms with Crippen LogP contribution in [0.2, 0.25) is 15.1 Å². The van der Waals surface area contributed by atoms with Gasteiger partial charge in [0.25, 0.3) is 0 Å². The van der Waals surface area contributed by atoms with Crippen molar-refractivity contribution in [1.29, 1.82) is 0 Å². The molecule has 19 heavy (non-hydrogen) atoms. The fraction of sp³-hybridized carbons (Fsp3) is 0.0769. The molecule has 0 bridgehead atoms. The van der Waals surface area contributed by atoms with Crippen molar-refractivity contribution in [2.45, 2.75) is 6.54 Å². The SMILES string of the molecule is Fc1cc(CNc2cc(Cl)c(Cl)cc2Cl)ccc1Br. The quantitative estimate of drug-likeness (QED) is 0.626. The van der Waals surface area contributed by atoms with E-state index in [4.69, 9.17) is 34.8 Å². The molecule has 1 nitrogen and oxygen atoms in total. The van der Waals surface area contributed by atoms with E-state index >= 15 is 0 Å². The van der Waals surface area contributed by atoms with Crippen molar-refractivity contribution < 1.29 is 4.39 Å². The topological polar surface area (TPSA) is 12.0 Å². The lowest BCUT2D eigenvalue weighted by atomic mass is 10.2. The van der Waals surface area contributed by atoms with E-state index in [1.807, 2.05) is 6.07 Å². The van der Waals surface area contributed by atoms with Gasteiger partial charge >= 0.3 is 0 Å². The lowest BCUT2D eigenvalue weighted by Gasteiger charge is -2.10. The second-order valence-electron chi connectivity index (χ2n) is 3.85. The van der Waals surface area contributed by atoms with Crippen LogP contribution in [0.15, 0.2) is 34.8 Å². The van der Waals surface area contributed by atoms with Crippen LogP contribution >= 0.6 is 50.7 Å². The van der Waals surface area contributed by atoms with Gasteiger partial charge in [0.05, 0.1) is 25.2 Å². The molecule has 0 spiro atoms. The molecule has 0 radical (unpaired) electrons. The van der Waals surface area contributed by atoms with E-state index in [1.165, 1.54) is 6.07 Å². The molecule has 0 aromatic heterocycles. The predicted molar refractivity (Wildman–Crippen MR) is 82.9 cm³/mol. The van der Waals surface area contributed by atoms with Crippen LogP contribution in [-0.4, -0.2) is 0 Å². The summed E-state index contributed by atoms with van der Waals surface area (Å²) in [5.74, 6) is -0.306. The Morgan fingerprint density at radius 2 is 1.68 bits per heavy atom. The summed E-state index contributed by atoms with van der Waals surface area (Å²) in [5, 5.41) is 4.36. The summed E-state index contributed by atoms with van der Waals surface area (Å²) in [6, 6.07) is 8.12. The Hall–Kier alpha value is -0.480. The van der Waals surface area contributed by atoms with Crippen molar-refractivity contribution in [2.24, 2.45) is 0 Å². The van der Waals surface area contributed by atoms with Gasteiger partial charge in [0, 0.05) is 6.54 Å². The molecule has 1 N–H and O–H groups in total. The minimum atomic E-state index is -0.306. The summed E-state index contributed by atoms with van der Waals surface area (Å²) in [6.45, 7) is 0.432. The second-order valence-corrected chi connectivity index (χ2v) is 5.92. The van der Waals surface area contributed by atoms with Gasteiger partial charge in [0.2, 0.25) is 0 Å². The zero-order chi connectivity index (χ0) is 14.0. The van der Waals surface area contributed by atoms with Gasteiger partial charge in [-0.25, -0.2) is 4.39 Å². The molecule has 2 aromatic carbocycles. The molecule has 0 amide bonds. The first-order valence-electron chi connectivity index (χ1n) is 5.29. The van der Waals surface area contributed by atoms with Gasteiger partial charge in [-0.1, -0.05) is 40.9 Å². The predicted octanol–water partition coefficient (Wildman–Crippen LogP) is 6.16. The summed E-state index contributed by atoms with van der Waals surface area (Å²) in [7, 11) is 0. The van der Waals surface area contributed by atoms with E-state index < -0.39 is 0 Å². The lowest BCUT2D eigenvalue weighted by molar-refractivity contribution is 0.619. The number of anilines is 1. The van der Waals surface area contributed by atoms with Gasteiger partial charge in [-0.05, 0) is 45.8 Å². The van der Waals surface area contributed by atoms with Gasteiger partial charge in [-0.15, -0.1) is 0 Å². The monoisotopic (exact) mass is 381 g/mol. The smallest absolute Gasteiger partial charge is 0.137 e. The number of hydrogen-bond acceptors (Lipinski definition) is 1. The average molecular weight is 383 g/mol. The molecule has 2 rings (SSSR count). The zero-order valence-corrected chi connectivity index (χ0v) is 13.3. The highest BCUT2D eigenvalue weighted by atomic mass is 79.9. The maximum atomic E-state index is 13.4. The Morgan fingerprint density at radius 1 is 1.00 bits per heavy atom. The van der Waals surface area contributed by atoms with Crippen LogP contribution in [0.3, 0.4) is 0 Å². The third-order valence-electron chi connectivity index (χ3n) is 2.48. The largest absolute Gasteiger partial charge is 0.380 e. The summed E-state index contributed by atoms with van der Waals surface area (Å²) in [6.07, 6.45) is 0. The molecule has 0 saturated carbocycles. The Morgan fingerprint density at radius 3 is 2.37 bits per heavy atom. The van der Waals surface area contributed by atoms with Crippen LogP contribution in [0.5, 0.6) is 0 Å². The zero-order valence-electron chi connectivity index (χ0n) is 9.48. The molecule has 0 atom stereocenters. The number of benzene rings is 2. The average Bonchev–Trinajstić information content (AvgIpc) is 2.36. The van der Waals surface area contributed by atoms with Crippen molar-refractivity contribution in [1.82, 2.24) is 0 Å². The highest BCUT2D eigenvalue weighted by Crippen LogP contribution is 2.32. The van der Waals surface area contributed by atoms with E-state index in [-0.39, 0.29) is 5.82 Å². The summed E-state index contributed by atoms with van der Waals surface area (Å²) in [4.78, 5) is 0. The van der Waals surface area contributed by atoms with Crippen molar-refractivity contribution in [2.75, 3.05) is 5.32 Å².